The third kappa shape index (κ3) is 5.02. The molecular formula is C16H22N2O2. The smallest absolute Gasteiger partial charge is 0.255 e. The average Bonchev–Trinajstić information content (AvgIpc) is 2.46. The Morgan fingerprint density at radius 1 is 1.50 bits per heavy atom. The summed E-state index contributed by atoms with van der Waals surface area (Å²) in [5.41, 5.74) is 1.24. The molecule has 1 rings (SSSR count). The number of carbonyl (C=O) groups is 1. The highest BCUT2D eigenvalue weighted by molar-refractivity contribution is 5.94. The highest BCUT2D eigenvalue weighted by atomic mass is 16.2. The van der Waals surface area contributed by atoms with E-state index in [2.05, 4.69) is 30.7 Å². The number of rotatable bonds is 5. The number of aliphatic hydroxyl groups excluding tert-OH is 1. The molecule has 0 saturated carbocycles. The minimum Gasteiger partial charge on any atom is -0.395 e. The lowest BCUT2D eigenvalue weighted by molar-refractivity contribution is 0.0774. The minimum absolute atomic E-state index is 0.0383. The molecule has 1 amide bonds. The maximum absolute atomic E-state index is 12.3. The van der Waals surface area contributed by atoms with Gasteiger partial charge in [0.15, 0.2) is 0 Å². The van der Waals surface area contributed by atoms with E-state index in [1.165, 1.54) is 0 Å². The molecule has 4 heteroatoms. The van der Waals surface area contributed by atoms with Crippen LogP contribution >= 0.6 is 0 Å². The second-order valence-electron chi connectivity index (χ2n) is 4.94. The molecule has 1 heterocycles. The summed E-state index contributed by atoms with van der Waals surface area (Å²) in [5.74, 6) is 6.15. The van der Waals surface area contributed by atoms with Gasteiger partial charge in [0.1, 0.15) is 0 Å². The molecule has 0 aliphatic rings. The second kappa shape index (κ2) is 8.34. The lowest BCUT2D eigenvalue weighted by Gasteiger charge is -2.20. The third-order valence-corrected chi connectivity index (χ3v) is 3.08. The maximum atomic E-state index is 12.3. The standard InChI is InChI=1S/C16H22N2O2/c1-4-13(2)12-18(3)16(20)15-9-14(10-17-11-15)7-5-6-8-19/h9-11,13,19H,4,6,8,12H2,1-3H3. The van der Waals surface area contributed by atoms with Crippen molar-refractivity contribution in [2.45, 2.75) is 26.7 Å². The fourth-order valence-corrected chi connectivity index (χ4v) is 1.75. The molecule has 0 aliphatic heterocycles. The minimum atomic E-state index is -0.0383. The van der Waals surface area contributed by atoms with Gasteiger partial charge in [-0.2, -0.15) is 0 Å². The first kappa shape index (κ1) is 16.2. The fourth-order valence-electron chi connectivity index (χ4n) is 1.75. The van der Waals surface area contributed by atoms with E-state index in [1.54, 1.807) is 30.4 Å². The van der Waals surface area contributed by atoms with Crippen LogP contribution in [0.4, 0.5) is 0 Å². The first-order chi connectivity index (χ1) is 9.58. The molecule has 108 valence electrons. The van der Waals surface area contributed by atoms with Gasteiger partial charge in [0, 0.05) is 38.0 Å². The van der Waals surface area contributed by atoms with E-state index in [0.717, 1.165) is 13.0 Å². The van der Waals surface area contributed by atoms with Crippen LogP contribution in [0, 0.1) is 17.8 Å². The zero-order valence-corrected chi connectivity index (χ0v) is 12.4. The molecule has 0 aliphatic carbocycles. The Morgan fingerprint density at radius 2 is 2.25 bits per heavy atom. The van der Waals surface area contributed by atoms with Crippen LogP contribution < -0.4 is 0 Å². The maximum Gasteiger partial charge on any atom is 0.255 e. The summed E-state index contributed by atoms with van der Waals surface area (Å²) in [6, 6.07) is 1.74. The Morgan fingerprint density at radius 3 is 2.90 bits per heavy atom. The van der Waals surface area contributed by atoms with Crippen LogP contribution in [-0.4, -0.2) is 41.1 Å². The van der Waals surface area contributed by atoms with Gasteiger partial charge in [0.25, 0.3) is 5.91 Å². The number of nitrogens with zero attached hydrogens (tertiary/aromatic N) is 2. The molecule has 1 aromatic rings. The largest absolute Gasteiger partial charge is 0.395 e. The molecule has 1 unspecified atom stereocenters. The monoisotopic (exact) mass is 274 g/mol. The van der Waals surface area contributed by atoms with Gasteiger partial charge in [-0.15, -0.1) is 0 Å². The van der Waals surface area contributed by atoms with Crippen molar-refractivity contribution < 1.29 is 9.90 Å². The van der Waals surface area contributed by atoms with Crippen molar-refractivity contribution in [2.24, 2.45) is 5.92 Å². The van der Waals surface area contributed by atoms with Crippen molar-refractivity contribution in [3.8, 4) is 11.8 Å². The summed E-state index contributed by atoms with van der Waals surface area (Å²) in [6.07, 6.45) is 4.65. The molecule has 1 N–H and O–H groups in total. The van der Waals surface area contributed by atoms with E-state index in [1.807, 2.05) is 0 Å². The van der Waals surface area contributed by atoms with Gasteiger partial charge in [-0.3, -0.25) is 9.78 Å². The van der Waals surface area contributed by atoms with Gasteiger partial charge in [0.2, 0.25) is 0 Å². The molecule has 1 atom stereocenters. The molecule has 0 saturated heterocycles. The van der Waals surface area contributed by atoms with E-state index >= 15 is 0 Å². The van der Waals surface area contributed by atoms with E-state index in [4.69, 9.17) is 5.11 Å². The Balaban J connectivity index is 2.78. The zero-order valence-electron chi connectivity index (χ0n) is 12.4. The number of aliphatic hydroxyl groups is 1. The van der Waals surface area contributed by atoms with Crippen molar-refractivity contribution in [3.63, 3.8) is 0 Å². The number of hydrogen-bond acceptors (Lipinski definition) is 3. The topological polar surface area (TPSA) is 53.4 Å². The van der Waals surface area contributed by atoms with Gasteiger partial charge in [-0.05, 0) is 12.0 Å². The van der Waals surface area contributed by atoms with Crippen molar-refractivity contribution in [3.05, 3.63) is 29.6 Å². The summed E-state index contributed by atoms with van der Waals surface area (Å²) in [5, 5.41) is 8.69. The highest BCUT2D eigenvalue weighted by Crippen LogP contribution is 2.08. The SMILES string of the molecule is CCC(C)CN(C)C(=O)c1cncc(C#CCCO)c1. The first-order valence-electron chi connectivity index (χ1n) is 6.88. The number of amides is 1. The number of aromatic nitrogens is 1. The van der Waals surface area contributed by atoms with Crippen LogP contribution in [-0.2, 0) is 0 Å². The van der Waals surface area contributed by atoms with Crippen molar-refractivity contribution in [1.29, 1.82) is 0 Å². The van der Waals surface area contributed by atoms with Crippen molar-refractivity contribution >= 4 is 5.91 Å². The van der Waals surface area contributed by atoms with Crippen molar-refractivity contribution in [2.75, 3.05) is 20.2 Å². The molecule has 0 aromatic carbocycles. The summed E-state index contributed by atoms with van der Waals surface area (Å²) < 4.78 is 0. The van der Waals surface area contributed by atoms with Gasteiger partial charge in [0.05, 0.1) is 12.2 Å². The van der Waals surface area contributed by atoms with Crippen LogP contribution in [0.3, 0.4) is 0 Å². The van der Waals surface area contributed by atoms with Gasteiger partial charge >= 0.3 is 0 Å². The zero-order chi connectivity index (χ0) is 15.0. The van der Waals surface area contributed by atoms with Crippen LogP contribution in [0.1, 0.15) is 42.6 Å². The molecule has 20 heavy (non-hydrogen) atoms. The van der Waals surface area contributed by atoms with Crippen LogP contribution in [0.25, 0.3) is 0 Å². The molecule has 0 bridgehead atoms. The summed E-state index contributed by atoms with van der Waals surface area (Å²) in [4.78, 5) is 18.0. The van der Waals surface area contributed by atoms with Crippen molar-refractivity contribution in [1.82, 2.24) is 9.88 Å². The normalized spacial score (nSPS) is 11.4. The fraction of sp³-hybridized carbons (Fsp3) is 0.500. The van der Waals surface area contributed by atoms with Gasteiger partial charge in [-0.25, -0.2) is 0 Å². The predicted molar refractivity (Wildman–Crippen MR) is 79.2 cm³/mol. The second-order valence-corrected chi connectivity index (χ2v) is 4.94. The highest BCUT2D eigenvalue weighted by Gasteiger charge is 2.14. The Kier molecular flexibility index (Phi) is 6.75. The van der Waals surface area contributed by atoms with Gasteiger partial charge in [-0.1, -0.05) is 32.1 Å². The molecule has 0 radical (unpaired) electrons. The van der Waals surface area contributed by atoms with Crippen LogP contribution in [0.15, 0.2) is 18.5 Å². The lowest BCUT2D eigenvalue weighted by Crippen LogP contribution is -2.31. The third-order valence-electron chi connectivity index (χ3n) is 3.08. The molecule has 4 nitrogen and oxygen atoms in total. The van der Waals surface area contributed by atoms with Crippen LogP contribution in [0.2, 0.25) is 0 Å². The summed E-state index contributed by atoms with van der Waals surface area (Å²) in [6.45, 7) is 5.01. The Hall–Kier alpha value is -1.86. The number of hydrogen-bond donors (Lipinski definition) is 1. The van der Waals surface area contributed by atoms with E-state index in [-0.39, 0.29) is 12.5 Å². The molecular weight excluding hydrogens is 252 g/mol. The number of carbonyl (C=O) groups excluding carboxylic acids is 1. The van der Waals surface area contributed by atoms with Crippen LogP contribution in [0.5, 0.6) is 0 Å². The molecule has 0 spiro atoms. The Bertz CT molecular complexity index is 503. The lowest BCUT2D eigenvalue weighted by atomic mass is 10.1. The molecule has 0 fully saturated rings. The van der Waals surface area contributed by atoms with Gasteiger partial charge < -0.3 is 10.0 Å². The first-order valence-corrected chi connectivity index (χ1v) is 6.88. The predicted octanol–water partition coefficient (Wildman–Crippen LogP) is 1.93. The summed E-state index contributed by atoms with van der Waals surface area (Å²) >= 11 is 0. The summed E-state index contributed by atoms with van der Waals surface area (Å²) in [7, 11) is 1.80. The van der Waals surface area contributed by atoms with E-state index in [0.29, 0.717) is 23.5 Å². The Labute approximate surface area is 120 Å². The quantitative estimate of drug-likeness (QED) is 0.835. The number of pyridine rings is 1. The average molecular weight is 274 g/mol. The van der Waals surface area contributed by atoms with E-state index < -0.39 is 0 Å². The van der Waals surface area contributed by atoms with E-state index in [9.17, 15) is 4.79 Å². The molecule has 1 aromatic heterocycles.